The molecule has 1 aromatic heterocycles. The van der Waals surface area contributed by atoms with Crippen LogP contribution in [0.3, 0.4) is 0 Å². The number of nitrogens with zero attached hydrogens (tertiary/aromatic N) is 3. The van der Waals surface area contributed by atoms with Gasteiger partial charge in [-0.1, -0.05) is 12.8 Å². The summed E-state index contributed by atoms with van der Waals surface area (Å²) in [4.78, 5) is 6.68. The molecule has 0 aliphatic carbocycles. The molecule has 0 atom stereocenters. The molecule has 78 valence electrons. The van der Waals surface area contributed by atoms with Crippen molar-refractivity contribution in [3.8, 4) is 0 Å². The first-order valence-electron chi connectivity index (χ1n) is 5.31. The Labute approximate surface area is 84.7 Å². The minimum Gasteiger partial charge on any atom is -0.382 e. The van der Waals surface area contributed by atoms with Gasteiger partial charge in [0.1, 0.15) is 5.82 Å². The summed E-state index contributed by atoms with van der Waals surface area (Å²) in [6, 6.07) is 0. The Balaban J connectivity index is 2.15. The van der Waals surface area contributed by atoms with Gasteiger partial charge in [-0.2, -0.15) is 4.98 Å². The van der Waals surface area contributed by atoms with E-state index >= 15 is 0 Å². The third-order valence-electron chi connectivity index (χ3n) is 2.76. The molecule has 2 N–H and O–H groups in total. The number of nitrogens with two attached hydrogens (primary N) is 1. The fraction of sp³-hybridized carbons (Fsp3) is 0.700. The lowest BCUT2D eigenvalue weighted by Crippen LogP contribution is -2.26. The van der Waals surface area contributed by atoms with Crippen LogP contribution >= 0.6 is 0 Å². The highest BCUT2D eigenvalue weighted by Gasteiger charge is 2.14. The van der Waals surface area contributed by atoms with Crippen molar-refractivity contribution in [1.82, 2.24) is 9.55 Å². The Morgan fingerprint density at radius 1 is 1.21 bits per heavy atom. The molecule has 0 radical (unpaired) electrons. The molecule has 1 aliphatic heterocycles. The Hall–Kier alpha value is -1.19. The van der Waals surface area contributed by atoms with Crippen LogP contribution in [0.4, 0.5) is 11.8 Å². The van der Waals surface area contributed by atoms with E-state index in [0.29, 0.717) is 5.82 Å². The molecular weight excluding hydrogens is 176 g/mol. The van der Waals surface area contributed by atoms with Gasteiger partial charge in [0.05, 0.1) is 0 Å². The maximum absolute atomic E-state index is 5.67. The van der Waals surface area contributed by atoms with E-state index in [4.69, 9.17) is 5.73 Å². The number of rotatable bonds is 1. The smallest absolute Gasteiger partial charge is 0.207 e. The minimum absolute atomic E-state index is 0.617. The zero-order chi connectivity index (χ0) is 9.97. The molecule has 0 amide bonds. The van der Waals surface area contributed by atoms with E-state index in [1.54, 1.807) is 0 Å². The molecule has 0 saturated carbocycles. The van der Waals surface area contributed by atoms with Crippen LogP contribution in [-0.2, 0) is 7.05 Å². The van der Waals surface area contributed by atoms with Gasteiger partial charge in [-0.25, -0.2) is 0 Å². The zero-order valence-corrected chi connectivity index (χ0v) is 8.74. The van der Waals surface area contributed by atoms with Gasteiger partial charge in [-0.3, -0.25) is 0 Å². The minimum atomic E-state index is 0.617. The van der Waals surface area contributed by atoms with Gasteiger partial charge in [0.25, 0.3) is 0 Å². The highest BCUT2D eigenvalue weighted by atomic mass is 15.3. The van der Waals surface area contributed by atoms with Gasteiger partial charge in [0.15, 0.2) is 0 Å². The second-order valence-electron chi connectivity index (χ2n) is 3.98. The van der Waals surface area contributed by atoms with Crippen LogP contribution < -0.4 is 10.6 Å². The summed E-state index contributed by atoms with van der Waals surface area (Å²) in [5.41, 5.74) is 5.67. The fourth-order valence-corrected chi connectivity index (χ4v) is 2.04. The van der Waals surface area contributed by atoms with Crippen LogP contribution in [-0.4, -0.2) is 22.6 Å². The van der Waals surface area contributed by atoms with Crippen LogP contribution in [0.25, 0.3) is 0 Å². The molecule has 2 rings (SSSR count). The summed E-state index contributed by atoms with van der Waals surface area (Å²) in [6.45, 7) is 2.23. The number of aryl methyl sites for hydroxylation is 1. The average molecular weight is 194 g/mol. The maximum Gasteiger partial charge on any atom is 0.207 e. The van der Waals surface area contributed by atoms with Crippen LogP contribution in [0.2, 0.25) is 0 Å². The lowest BCUT2D eigenvalue weighted by Gasteiger charge is -2.20. The SMILES string of the molecule is Cn1cc(N)nc1N1CCCCCC1. The monoisotopic (exact) mass is 194 g/mol. The first-order chi connectivity index (χ1) is 6.77. The Bertz CT molecular complexity index is 297. The van der Waals surface area contributed by atoms with Crippen molar-refractivity contribution < 1.29 is 0 Å². The molecular formula is C10H18N4. The van der Waals surface area contributed by atoms with Crippen LogP contribution in [0.15, 0.2) is 6.20 Å². The highest BCUT2D eigenvalue weighted by molar-refractivity contribution is 5.41. The fourth-order valence-electron chi connectivity index (χ4n) is 2.04. The lowest BCUT2D eigenvalue weighted by molar-refractivity contribution is 0.726. The summed E-state index contributed by atoms with van der Waals surface area (Å²) < 4.78 is 2.01. The summed E-state index contributed by atoms with van der Waals surface area (Å²) in [6.07, 6.45) is 7.10. The van der Waals surface area contributed by atoms with Gasteiger partial charge >= 0.3 is 0 Å². The number of hydrogen-bond acceptors (Lipinski definition) is 3. The number of aromatic nitrogens is 2. The molecule has 4 nitrogen and oxygen atoms in total. The van der Waals surface area contributed by atoms with Crippen molar-refractivity contribution in [2.45, 2.75) is 25.7 Å². The predicted molar refractivity (Wildman–Crippen MR) is 58.3 cm³/mol. The molecule has 2 heterocycles. The van der Waals surface area contributed by atoms with Gasteiger partial charge < -0.3 is 15.2 Å². The van der Waals surface area contributed by atoms with Crippen molar-refractivity contribution in [3.63, 3.8) is 0 Å². The van der Waals surface area contributed by atoms with Crippen molar-refractivity contribution in [2.24, 2.45) is 7.05 Å². The normalized spacial score (nSPS) is 18.2. The van der Waals surface area contributed by atoms with E-state index in [1.807, 2.05) is 17.8 Å². The van der Waals surface area contributed by atoms with Gasteiger partial charge in [-0.05, 0) is 12.8 Å². The molecule has 0 unspecified atom stereocenters. The predicted octanol–water partition coefficient (Wildman–Crippen LogP) is 1.38. The standard InChI is InChI=1S/C10H18N4/c1-13-8-9(11)12-10(13)14-6-4-2-3-5-7-14/h8H,2-7,11H2,1H3. The van der Waals surface area contributed by atoms with E-state index in [0.717, 1.165) is 19.0 Å². The Kier molecular flexibility index (Phi) is 2.61. The first kappa shape index (κ1) is 9.37. The molecule has 14 heavy (non-hydrogen) atoms. The summed E-state index contributed by atoms with van der Waals surface area (Å²) in [5, 5.41) is 0. The van der Waals surface area contributed by atoms with E-state index in [-0.39, 0.29) is 0 Å². The third kappa shape index (κ3) is 1.84. The van der Waals surface area contributed by atoms with Gasteiger partial charge in [0, 0.05) is 26.3 Å². The van der Waals surface area contributed by atoms with Crippen molar-refractivity contribution in [3.05, 3.63) is 6.20 Å². The number of anilines is 2. The topological polar surface area (TPSA) is 47.1 Å². The van der Waals surface area contributed by atoms with Crippen LogP contribution in [0.1, 0.15) is 25.7 Å². The molecule has 0 spiro atoms. The summed E-state index contributed by atoms with van der Waals surface area (Å²) >= 11 is 0. The summed E-state index contributed by atoms with van der Waals surface area (Å²) in [7, 11) is 2.00. The second-order valence-corrected chi connectivity index (χ2v) is 3.98. The van der Waals surface area contributed by atoms with Crippen molar-refractivity contribution in [2.75, 3.05) is 23.7 Å². The largest absolute Gasteiger partial charge is 0.382 e. The quantitative estimate of drug-likeness (QED) is 0.734. The Morgan fingerprint density at radius 2 is 1.86 bits per heavy atom. The zero-order valence-electron chi connectivity index (χ0n) is 8.74. The van der Waals surface area contributed by atoms with Crippen molar-refractivity contribution >= 4 is 11.8 Å². The lowest BCUT2D eigenvalue weighted by atomic mass is 10.2. The van der Waals surface area contributed by atoms with E-state index in [1.165, 1.54) is 25.7 Å². The number of nitrogen functional groups attached to an aromatic ring is 1. The van der Waals surface area contributed by atoms with Gasteiger partial charge in [-0.15, -0.1) is 0 Å². The molecule has 0 bridgehead atoms. The first-order valence-corrected chi connectivity index (χ1v) is 5.31. The van der Waals surface area contributed by atoms with E-state index < -0.39 is 0 Å². The van der Waals surface area contributed by atoms with Crippen LogP contribution in [0, 0.1) is 0 Å². The third-order valence-corrected chi connectivity index (χ3v) is 2.76. The molecule has 1 saturated heterocycles. The van der Waals surface area contributed by atoms with Gasteiger partial charge in [0.2, 0.25) is 5.95 Å². The molecule has 4 heteroatoms. The van der Waals surface area contributed by atoms with E-state index in [9.17, 15) is 0 Å². The van der Waals surface area contributed by atoms with Crippen molar-refractivity contribution in [1.29, 1.82) is 0 Å². The maximum atomic E-state index is 5.67. The number of hydrogen-bond donors (Lipinski definition) is 1. The molecule has 1 aliphatic rings. The van der Waals surface area contributed by atoms with E-state index in [2.05, 4.69) is 9.88 Å². The average Bonchev–Trinajstić information content (AvgIpc) is 2.43. The highest BCUT2D eigenvalue weighted by Crippen LogP contribution is 2.18. The number of imidazole rings is 1. The Morgan fingerprint density at radius 3 is 2.36 bits per heavy atom. The van der Waals surface area contributed by atoms with Crippen LogP contribution in [0.5, 0.6) is 0 Å². The molecule has 1 aromatic rings. The second kappa shape index (κ2) is 3.90. The summed E-state index contributed by atoms with van der Waals surface area (Å²) in [5.74, 6) is 1.64. The molecule has 0 aromatic carbocycles. The molecule has 1 fully saturated rings.